The van der Waals surface area contributed by atoms with E-state index in [4.69, 9.17) is 9.47 Å². The average Bonchev–Trinajstić information content (AvgIpc) is 2.72. The second-order valence-corrected chi connectivity index (χ2v) is 12.6. The van der Waals surface area contributed by atoms with Crippen LogP contribution in [0.25, 0.3) is 0 Å². The molecule has 0 bridgehead atoms. The van der Waals surface area contributed by atoms with Crippen LogP contribution in [0.1, 0.15) is 104 Å². The third-order valence-electron chi connectivity index (χ3n) is 6.09. The molecule has 30 heavy (non-hydrogen) atoms. The number of hydrogen-bond donors (Lipinski definition) is 1. The van der Waals surface area contributed by atoms with Gasteiger partial charge in [-0.05, 0) is 38.2 Å². The molecule has 0 saturated carbocycles. The highest BCUT2D eigenvalue weighted by Crippen LogP contribution is 2.49. The van der Waals surface area contributed by atoms with Crippen molar-refractivity contribution in [3.8, 4) is 0 Å². The highest BCUT2D eigenvalue weighted by molar-refractivity contribution is 8.18. The first-order chi connectivity index (χ1) is 14.4. The molecule has 0 spiro atoms. The van der Waals surface area contributed by atoms with Gasteiger partial charge in [-0.1, -0.05) is 71.1 Å². The van der Waals surface area contributed by atoms with Crippen LogP contribution in [-0.4, -0.2) is 51.1 Å². The Bertz CT molecular complexity index is 492. The number of Topliss-reactive ketones (excluding diaryl/α,β-unsaturated/α-hetero) is 1. The van der Waals surface area contributed by atoms with Crippen molar-refractivity contribution < 1.29 is 19.4 Å². The minimum Gasteiger partial charge on any atom is -0.390 e. The van der Waals surface area contributed by atoms with Gasteiger partial charge in [0, 0.05) is 6.42 Å². The zero-order valence-corrected chi connectivity index (χ0v) is 21.1. The molecule has 2 fully saturated rings. The first-order valence-corrected chi connectivity index (χ1v) is 14.1. The van der Waals surface area contributed by atoms with E-state index in [2.05, 4.69) is 6.92 Å². The number of ether oxygens (including phenoxy) is 2. The molecule has 0 amide bonds. The van der Waals surface area contributed by atoms with Crippen LogP contribution >= 0.6 is 23.5 Å². The van der Waals surface area contributed by atoms with E-state index in [1.165, 1.54) is 70.6 Å². The van der Waals surface area contributed by atoms with E-state index in [1.54, 1.807) is 0 Å². The molecule has 2 rings (SSSR count). The van der Waals surface area contributed by atoms with Gasteiger partial charge in [-0.3, -0.25) is 4.79 Å². The van der Waals surface area contributed by atoms with Gasteiger partial charge in [-0.2, -0.15) is 0 Å². The van der Waals surface area contributed by atoms with Crippen LogP contribution in [0.3, 0.4) is 0 Å². The largest absolute Gasteiger partial charge is 0.390 e. The van der Waals surface area contributed by atoms with E-state index in [-0.39, 0.29) is 16.5 Å². The summed E-state index contributed by atoms with van der Waals surface area (Å²) in [4.78, 5) is 12.3. The van der Waals surface area contributed by atoms with Gasteiger partial charge in [0.05, 0.1) is 10.2 Å². The van der Waals surface area contributed by atoms with E-state index < -0.39 is 18.0 Å². The zero-order chi connectivity index (χ0) is 21.9. The number of aliphatic hydroxyl groups is 1. The molecule has 176 valence electrons. The summed E-state index contributed by atoms with van der Waals surface area (Å²) in [6.45, 7) is 5.91. The summed E-state index contributed by atoms with van der Waals surface area (Å²) in [5.41, 5.74) is 0. The molecule has 2 aliphatic heterocycles. The Hall–Kier alpha value is 0.250. The minimum absolute atomic E-state index is 0.0178. The van der Waals surface area contributed by atoms with Gasteiger partial charge in [0.25, 0.3) is 0 Å². The lowest BCUT2D eigenvalue weighted by atomic mass is 9.99. The molecule has 0 unspecified atom stereocenters. The second-order valence-electron chi connectivity index (χ2n) is 9.36. The van der Waals surface area contributed by atoms with Gasteiger partial charge in [0.1, 0.15) is 12.7 Å². The van der Waals surface area contributed by atoms with Crippen LogP contribution < -0.4 is 0 Å². The molecule has 2 saturated heterocycles. The summed E-state index contributed by atoms with van der Waals surface area (Å²) in [6.07, 6.45) is 14.8. The average molecular weight is 461 g/mol. The van der Waals surface area contributed by atoms with E-state index in [0.717, 1.165) is 17.9 Å². The van der Waals surface area contributed by atoms with Crippen LogP contribution in [0, 0.1) is 0 Å². The van der Waals surface area contributed by atoms with Gasteiger partial charge >= 0.3 is 0 Å². The zero-order valence-electron chi connectivity index (χ0n) is 19.5. The number of ketones is 1. The fourth-order valence-corrected chi connectivity index (χ4v) is 7.81. The summed E-state index contributed by atoms with van der Waals surface area (Å²) in [6, 6.07) is 0. The van der Waals surface area contributed by atoms with Crippen molar-refractivity contribution in [1.82, 2.24) is 0 Å². The van der Waals surface area contributed by atoms with Crippen molar-refractivity contribution in [2.75, 3.05) is 18.1 Å². The molecule has 0 aromatic carbocycles. The molecule has 0 aromatic heterocycles. The van der Waals surface area contributed by atoms with Crippen LogP contribution in [0.2, 0.25) is 0 Å². The third kappa shape index (κ3) is 9.40. The van der Waals surface area contributed by atoms with Gasteiger partial charge in [-0.15, -0.1) is 23.5 Å². The van der Waals surface area contributed by atoms with Crippen LogP contribution in [0.5, 0.6) is 0 Å². The van der Waals surface area contributed by atoms with Gasteiger partial charge in [-0.25, -0.2) is 0 Å². The van der Waals surface area contributed by atoms with Crippen molar-refractivity contribution in [3.63, 3.8) is 0 Å². The quantitative estimate of drug-likeness (QED) is 0.305. The molecule has 2 aliphatic rings. The molecule has 0 radical (unpaired) electrons. The molecule has 2 atom stereocenters. The Balaban J connectivity index is 1.73. The van der Waals surface area contributed by atoms with Gasteiger partial charge < -0.3 is 14.6 Å². The molecular formula is C24H44O4S2. The highest BCUT2D eigenvalue weighted by Gasteiger charge is 2.43. The molecule has 2 heterocycles. The van der Waals surface area contributed by atoms with Crippen molar-refractivity contribution in [1.29, 1.82) is 0 Å². The minimum atomic E-state index is -0.809. The molecule has 1 N–H and O–H groups in total. The Morgan fingerprint density at radius 3 is 2.17 bits per heavy atom. The second kappa shape index (κ2) is 13.7. The number of thioether (sulfide) groups is 2. The summed E-state index contributed by atoms with van der Waals surface area (Å²) >= 11 is 3.98. The predicted molar refractivity (Wildman–Crippen MR) is 129 cm³/mol. The van der Waals surface area contributed by atoms with Crippen molar-refractivity contribution in [2.24, 2.45) is 0 Å². The maximum Gasteiger partial charge on any atom is 0.190 e. The van der Waals surface area contributed by atoms with Crippen LogP contribution in [0.15, 0.2) is 0 Å². The topological polar surface area (TPSA) is 55.8 Å². The summed E-state index contributed by atoms with van der Waals surface area (Å²) in [5.74, 6) is 1.34. The lowest BCUT2D eigenvalue weighted by Crippen LogP contribution is -2.52. The molecule has 0 aromatic rings. The SMILES string of the molecule is CCCCCCCCCCCCC1(C[C@@H](O)[C@H]2OC(C)(C)OCC2=O)SCCCS1. The smallest absolute Gasteiger partial charge is 0.190 e. The number of rotatable bonds is 14. The molecule has 0 aliphatic carbocycles. The van der Waals surface area contributed by atoms with Crippen molar-refractivity contribution >= 4 is 29.3 Å². The van der Waals surface area contributed by atoms with Crippen molar-refractivity contribution in [2.45, 2.75) is 126 Å². The number of carbonyl (C=O) groups excluding carboxylic acids is 1. The van der Waals surface area contributed by atoms with Crippen molar-refractivity contribution in [3.05, 3.63) is 0 Å². The normalized spacial score (nSPS) is 24.7. The Morgan fingerprint density at radius 1 is 1.00 bits per heavy atom. The van der Waals surface area contributed by atoms with E-state index in [1.807, 2.05) is 37.4 Å². The fraction of sp³-hybridized carbons (Fsp3) is 0.958. The fourth-order valence-electron chi connectivity index (χ4n) is 4.31. The maximum absolute atomic E-state index is 12.3. The molecular weight excluding hydrogens is 416 g/mol. The Labute approximate surface area is 193 Å². The first-order valence-electron chi connectivity index (χ1n) is 12.2. The van der Waals surface area contributed by atoms with Gasteiger partial charge in [0.2, 0.25) is 0 Å². The number of aliphatic hydroxyl groups excluding tert-OH is 1. The first kappa shape index (κ1) is 26.5. The van der Waals surface area contributed by atoms with Gasteiger partial charge in [0.15, 0.2) is 11.6 Å². The lowest BCUT2D eigenvalue weighted by Gasteiger charge is -2.41. The van der Waals surface area contributed by atoms with Crippen LogP contribution in [0.4, 0.5) is 0 Å². The monoisotopic (exact) mass is 460 g/mol. The standard InChI is InChI=1S/C24H44O4S2/c1-4-5-6-7-8-9-10-11-12-13-15-24(29-16-14-17-30-24)18-20(25)22-21(26)19-27-23(2,3)28-22/h20,22,25H,4-19H2,1-3H3/t20-,22-/m1/s1. The Kier molecular flexibility index (Phi) is 12.1. The van der Waals surface area contributed by atoms with E-state index in [0.29, 0.717) is 6.42 Å². The highest BCUT2D eigenvalue weighted by atomic mass is 32.2. The van der Waals surface area contributed by atoms with E-state index >= 15 is 0 Å². The summed E-state index contributed by atoms with van der Waals surface area (Å²) in [7, 11) is 0. The lowest BCUT2D eigenvalue weighted by molar-refractivity contribution is -0.271. The number of carbonyl (C=O) groups is 1. The molecule has 4 nitrogen and oxygen atoms in total. The number of hydrogen-bond acceptors (Lipinski definition) is 6. The van der Waals surface area contributed by atoms with E-state index in [9.17, 15) is 9.90 Å². The summed E-state index contributed by atoms with van der Waals surface area (Å²) < 4.78 is 11.2. The molecule has 6 heteroatoms. The van der Waals surface area contributed by atoms with Crippen LogP contribution in [-0.2, 0) is 14.3 Å². The third-order valence-corrected chi connectivity index (χ3v) is 9.58. The number of unbranched alkanes of at least 4 members (excludes halogenated alkanes) is 9. The maximum atomic E-state index is 12.3. The summed E-state index contributed by atoms with van der Waals surface area (Å²) in [5, 5.41) is 10.9. The predicted octanol–water partition coefficient (Wildman–Crippen LogP) is 6.34. The Morgan fingerprint density at radius 2 is 1.57 bits per heavy atom.